The first kappa shape index (κ1) is 15.5. The molecule has 0 fully saturated rings. The Labute approximate surface area is 91.4 Å². The van der Waals surface area contributed by atoms with Crippen molar-refractivity contribution in [3.63, 3.8) is 0 Å². The predicted octanol–water partition coefficient (Wildman–Crippen LogP) is 1.27. The fourth-order valence-electron chi connectivity index (χ4n) is 0.818. The highest BCUT2D eigenvalue weighted by atomic mass is 35.5. The first-order valence-corrected chi connectivity index (χ1v) is 4.81. The number of methoxy groups -OCH3 is 1. The number of nitrogens with one attached hydrogen (secondary N) is 1. The minimum atomic E-state index is -0.259. The van der Waals surface area contributed by atoms with Crippen molar-refractivity contribution in [3.8, 4) is 0 Å². The third kappa shape index (κ3) is 7.16. The van der Waals surface area contributed by atoms with Crippen LogP contribution in [0.1, 0.15) is 19.8 Å². The number of unbranched alkanes of at least 4 members (excludes halogenated alkanes) is 1. The van der Waals surface area contributed by atoms with Crippen LogP contribution in [0.5, 0.6) is 0 Å². The Bertz CT molecular complexity index is 135. The number of ether oxygens (including phenoxy) is 1. The maximum atomic E-state index is 11.0. The van der Waals surface area contributed by atoms with Crippen LogP contribution in [0.2, 0.25) is 0 Å². The molecule has 3 nitrogen and oxygen atoms in total. The van der Waals surface area contributed by atoms with Crippen LogP contribution in [-0.4, -0.2) is 31.4 Å². The van der Waals surface area contributed by atoms with Crippen LogP contribution in [0, 0.1) is 0 Å². The quantitative estimate of drug-likeness (QED) is 0.408. The van der Waals surface area contributed by atoms with Crippen LogP contribution >= 0.6 is 25.0 Å². The van der Waals surface area contributed by atoms with Crippen molar-refractivity contribution >= 4 is 31.0 Å². The number of esters is 1. The van der Waals surface area contributed by atoms with Gasteiger partial charge in [-0.25, -0.2) is 0 Å². The number of carbonyl (C=O) groups excluding carboxylic acids is 1. The molecule has 0 aliphatic heterocycles. The number of hydrogen-bond donors (Lipinski definition) is 2. The summed E-state index contributed by atoms with van der Waals surface area (Å²) < 4.78 is 4.58. The maximum absolute atomic E-state index is 11.0. The molecule has 0 unspecified atom stereocenters. The van der Waals surface area contributed by atoms with E-state index < -0.39 is 0 Å². The number of hydrogen-bond acceptors (Lipinski definition) is 4. The van der Waals surface area contributed by atoms with Gasteiger partial charge in [0.15, 0.2) is 0 Å². The summed E-state index contributed by atoms with van der Waals surface area (Å²) >= 11 is 4.05. The molecule has 0 aliphatic rings. The van der Waals surface area contributed by atoms with E-state index >= 15 is 0 Å². The Morgan fingerprint density at radius 2 is 2.23 bits per heavy atom. The van der Waals surface area contributed by atoms with Gasteiger partial charge in [0.1, 0.15) is 6.04 Å². The van der Waals surface area contributed by atoms with E-state index in [1.807, 2.05) is 0 Å². The van der Waals surface area contributed by atoms with Gasteiger partial charge in [-0.2, -0.15) is 12.6 Å². The van der Waals surface area contributed by atoms with Crippen LogP contribution in [0.4, 0.5) is 0 Å². The van der Waals surface area contributed by atoms with Gasteiger partial charge in [-0.05, 0) is 13.0 Å². The number of carbonyl (C=O) groups is 1. The standard InChI is InChI=1S/C8H17NO2S.ClH/c1-3-4-5-9-7(6-12)8(10)11-2;/h7,9,12H,3-6H2,1-2H3;1H/t7-;/m0./s1. The molecule has 80 valence electrons. The molecule has 0 radical (unpaired) electrons. The van der Waals surface area contributed by atoms with Gasteiger partial charge in [0, 0.05) is 5.75 Å². The Kier molecular flexibility index (Phi) is 12.1. The lowest BCUT2D eigenvalue weighted by atomic mass is 10.3. The highest BCUT2D eigenvalue weighted by molar-refractivity contribution is 7.80. The molecular formula is C8H18ClNO2S. The van der Waals surface area contributed by atoms with Gasteiger partial charge in [0.05, 0.1) is 7.11 Å². The second-order valence-electron chi connectivity index (χ2n) is 2.57. The lowest BCUT2D eigenvalue weighted by Crippen LogP contribution is -2.39. The van der Waals surface area contributed by atoms with Gasteiger partial charge in [0.25, 0.3) is 0 Å². The van der Waals surface area contributed by atoms with Gasteiger partial charge in [0.2, 0.25) is 0 Å². The number of thiol groups is 1. The van der Waals surface area contributed by atoms with E-state index in [0.717, 1.165) is 19.4 Å². The predicted molar refractivity (Wildman–Crippen MR) is 59.8 cm³/mol. The van der Waals surface area contributed by atoms with Crippen molar-refractivity contribution in [1.29, 1.82) is 0 Å². The molecule has 13 heavy (non-hydrogen) atoms. The molecule has 1 atom stereocenters. The Hall–Kier alpha value is 0.0700. The van der Waals surface area contributed by atoms with Gasteiger partial charge < -0.3 is 10.1 Å². The molecule has 0 saturated carbocycles. The Morgan fingerprint density at radius 3 is 2.62 bits per heavy atom. The molecule has 0 saturated heterocycles. The van der Waals surface area contributed by atoms with Crippen molar-refractivity contribution in [2.24, 2.45) is 0 Å². The molecule has 0 bridgehead atoms. The van der Waals surface area contributed by atoms with Crippen molar-refractivity contribution in [2.45, 2.75) is 25.8 Å². The summed E-state index contributed by atoms with van der Waals surface area (Å²) in [6, 6.07) is -0.259. The van der Waals surface area contributed by atoms with Gasteiger partial charge in [-0.1, -0.05) is 13.3 Å². The lowest BCUT2D eigenvalue weighted by molar-refractivity contribution is -0.142. The minimum absolute atomic E-state index is 0. The summed E-state index contributed by atoms with van der Waals surface area (Å²) in [4.78, 5) is 11.0. The van der Waals surface area contributed by atoms with Crippen LogP contribution in [0.3, 0.4) is 0 Å². The average molecular weight is 228 g/mol. The molecule has 0 rings (SSSR count). The molecule has 5 heteroatoms. The van der Waals surface area contributed by atoms with Crippen molar-refractivity contribution < 1.29 is 9.53 Å². The Balaban J connectivity index is 0. The monoisotopic (exact) mass is 227 g/mol. The van der Waals surface area contributed by atoms with Gasteiger partial charge in [-0.15, -0.1) is 12.4 Å². The highest BCUT2D eigenvalue weighted by Gasteiger charge is 2.15. The summed E-state index contributed by atoms with van der Waals surface area (Å²) in [6.07, 6.45) is 2.19. The topological polar surface area (TPSA) is 38.3 Å². The molecule has 0 amide bonds. The second-order valence-corrected chi connectivity index (χ2v) is 2.93. The lowest BCUT2D eigenvalue weighted by Gasteiger charge is -2.13. The number of rotatable bonds is 6. The average Bonchev–Trinajstić information content (AvgIpc) is 2.11. The summed E-state index contributed by atoms with van der Waals surface area (Å²) in [6.45, 7) is 2.95. The molecular weight excluding hydrogens is 210 g/mol. The second kappa shape index (κ2) is 10.2. The third-order valence-corrected chi connectivity index (χ3v) is 1.95. The SMILES string of the molecule is CCCCN[C@@H](CS)C(=O)OC.Cl. The minimum Gasteiger partial charge on any atom is -0.468 e. The first-order valence-electron chi connectivity index (χ1n) is 4.18. The van der Waals surface area contributed by atoms with E-state index in [-0.39, 0.29) is 24.4 Å². The van der Waals surface area contributed by atoms with E-state index in [2.05, 4.69) is 29.6 Å². The smallest absolute Gasteiger partial charge is 0.323 e. The fourth-order valence-corrected chi connectivity index (χ4v) is 1.10. The van der Waals surface area contributed by atoms with E-state index in [0.29, 0.717) is 5.75 Å². The van der Waals surface area contributed by atoms with E-state index in [1.54, 1.807) is 0 Å². The van der Waals surface area contributed by atoms with Crippen LogP contribution in [0.25, 0.3) is 0 Å². The van der Waals surface area contributed by atoms with E-state index in [4.69, 9.17) is 0 Å². The van der Waals surface area contributed by atoms with Crippen LogP contribution < -0.4 is 5.32 Å². The molecule has 0 heterocycles. The highest BCUT2D eigenvalue weighted by Crippen LogP contribution is 1.92. The summed E-state index contributed by atoms with van der Waals surface area (Å²) in [5, 5.41) is 3.07. The van der Waals surface area contributed by atoms with Crippen molar-refractivity contribution in [2.75, 3.05) is 19.4 Å². The maximum Gasteiger partial charge on any atom is 0.323 e. The molecule has 0 aromatic carbocycles. The zero-order valence-corrected chi connectivity index (χ0v) is 9.79. The molecule has 0 aromatic rings. The Morgan fingerprint density at radius 1 is 1.62 bits per heavy atom. The molecule has 1 N–H and O–H groups in total. The fraction of sp³-hybridized carbons (Fsp3) is 0.875. The van der Waals surface area contributed by atoms with Gasteiger partial charge >= 0.3 is 5.97 Å². The van der Waals surface area contributed by atoms with E-state index in [1.165, 1.54) is 7.11 Å². The zero-order valence-electron chi connectivity index (χ0n) is 8.08. The molecule has 0 aromatic heterocycles. The van der Waals surface area contributed by atoms with Crippen molar-refractivity contribution in [3.05, 3.63) is 0 Å². The number of halogens is 1. The zero-order chi connectivity index (χ0) is 9.40. The first-order chi connectivity index (χ1) is 5.76. The largest absolute Gasteiger partial charge is 0.468 e. The summed E-state index contributed by atoms with van der Waals surface area (Å²) in [7, 11) is 1.39. The van der Waals surface area contributed by atoms with E-state index in [9.17, 15) is 4.79 Å². The third-order valence-electron chi connectivity index (χ3n) is 1.59. The van der Waals surface area contributed by atoms with Crippen LogP contribution in [0.15, 0.2) is 0 Å². The molecule has 0 spiro atoms. The molecule has 0 aliphatic carbocycles. The summed E-state index contributed by atoms with van der Waals surface area (Å²) in [5.41, 5.74) is 0. The van der Waals surface area contributed by atoms with Crippen molar-refractivity contribution in [1.82, 2.24) is 5.32 Å². The van der Waals surface area contributed by atoms with Crippen LogP contribution in [-0.2, 0) is 9.53 Å². The van der Waals surface area contributed by atoms with Gasteiger partial charge in [-0.3, -0.25) is 4.79 Å². The summed E-state index contributed by atoms with van der Waals surface area (Å²) in [5.74, 6) is 0.247. The normalized spacial score (nSPS) is 11.6.